The third-order valence-electron chi connectivity index (χ3n) is 2.37. The fourth-order valence-corrected chi connectivity index (χ4v) is 1.84. The maximum atomic E-state index is 10.3. The molecule has 62 valence electrons. The average molecular weight is 154 g/mol. The summed E-state index contributed by atoms with van der Waals surface area (Å²) in [4.78, 5) is 10.3. The smallest absolute Gasteiger partial charge is 0.139 e. The van der Waals surface area contributed by atoms with Gasteiger partial charge in [-0.2, -0.15) is 0 Å². The molecule has 2 nitrogen and oxygen atoms in total. The monoisotopic (exact) mass is 154 g/mol. The normalized spacial score (nSPS) is 37.4. The highest BCUT2D eigenvalue weighted by molar-refractivity contribution is 6.11. The summed E-state index contributed by atoms with van der Waals surface area (Å²) in [6, 6.07) is 0.352. The summed E-state index contributed by atoms with van der Waals surface area (Å²) >= 11 is 0. The lowest BCUT2D eigenvalue weighted by molar-refractivity contribution is -0.109. The fraction of sp³-hybridized carbons (Fsp3) is 0.875. The molecule has 11 heavy (non-hydrogen) atoms. The summed E-state index contributed by atoms with van der Waals surface area (Å²) in [6.07, 6.45) is 4.09. The molecule has 0 bridgehead atoms. The standard InChI is InChI=1S/C8H15BO2/c1-2-7-6(3-4-10)5-8(9)11-7/h4,6-8H,2-3,5,9H2,1H3. The number of hydrogen-bond donors (Lipinski definition) is 0. The van der Waals surface area contributed by atoms with Crippen LogP contribution in [0.4, 0.5) is 0 Å². The molecule has 1 aliphatic rings. The molecule has 1 rings (SSSR count). The molecule has 0 aromatic carbocycles. The van der Waals surface area contributed by atoms with Gasteiger partial charge in [0.2, 0.25) is 0 Å². The highest BCUT2D eigenvalue weighted by Gasteiger charge is 2.30. The van der Waals surface area contributed by atoms with Crippen LogP contribution >= 0.6 is 0 Å². The summed E-state index contributed by atoms with van der Waals surface area (Å²) < 4.78 is 5.62. The molecule has 3 unspecified atom stereocenters. The van der Waals surface area contributed by atoms with E-state index < -0.39 is 0 Å². The zero-order valence-electron chi connectivity index (χ0n) is 7.25. The Kier molecular flexibility index (Phi) is 3.12. The van der Waals surface area contributed by atoms with Crippen molar-refractivity contribution in [3.05, 3.63) is 0 Å². The van der Waals surface area contributed by atoms with Gasteiger partial charge in [-0.1, -0.05) is 6.92 Å². The topological polar surface area (TPSA) is 26.3 Å². The van der Waals surface area contributed by atoms with Gasteiger partial charge in [-0.05, 0) is 18.8 Å². The Bertz CT molecular complexity index is 138. The average Bonchev–Trinajstić information content (AvgIpc) is 2.32. The first kappa shape index (κ1) is 8.79. The Balaban J connectivity index is 2.43. The number of hydrogen-bond acceptors (Lipinski definition) is 2. The summed E-state index contributed by atoms with van der Waals surface area (Å²) in [7, 11) is 2.08. The van der Waals surface area contributed by atoms with Crippen LogP contribution in [0.2, 0.25) is 0 Å². The SMILES string of the molecule is BC1CC(CC=O)C(CC)O1. The van der Waals surface area contributed by atoms with E-state index in [9.17, 15) is 4.79 Å². The second-order valence-electron chi connectivity index (χ2n) is 3.29. The number of ether oxygens (including phenoxy) is 1. The van der Waals surface area contributed by atoms with E-state index in [1.807, 2.05) is 0 Å². The van der Waals surface area contributed by atoms with Crippen LogP contribution in [-0.2, 0) is 9.53 Å². The predicted octanol–water partition coefficient (Wildman–Crippen LogP) is 0.350. The third kappa shape index (κ3) is 2.06. The van der Waals surface area contributed by atoms with Crippen molar-refractivity contribution in [2.75, 3.05) is 0 Å². The molecule has 0 aliphatic carbocycles. The summed E-state index contributed by atoms with van der Waals surface area (Å²) in [5, 5.41) is 0. The van der Waals surface area contributed by atoms with Gasteiger partial charge in [-0.15, -0.1) is 0 Å². The second kappa shape index (κ2) is 3.91. The molecule has 0 aromatic rings. The van der Waals surface area contributed by atoms with E-state index in [0.717, 1.165) is 19.1 Å². The van der Waals surface area contributed by atoms with Gasteiger partial charge in [0.1, 0.15) is 14.1 Å². The quantitative estimate of drug-likeness (QED) is 0.433. The lowest BCUT2D eigenvalue weighted by atomic mass is 9.89. The van der Waals surface area contributed by atoms with Crippen LogP contribution in [0.1, 0.15) is 26.2 Å². The van der Waals surface area contributed by atoms with Crippen LogP contribution in [0.5, 0.6) is 0 Å². The molecule has 1 aliphatic heterocycles. The third-order valence-corrected chi connectivity index (χ3v) is 2.37. The van der Waals surface area contributed by atoms with Crippen LogP contribution in [0, 0.1) is 5.92 Å². The highest BCUT2D eigenvalue weighted by Crippen LogP contribution is 2.28. The van der Waals surface area contributed by atoms with Gasteiger partial charge in [0, 0.05) is 12.4 Å². The zero-order chi connectivity index (χ0) is 8.27. The maximum Gasteiger partial charge on any atom is 0.139 e. The Morgan fingerprint density at radius 2 is 2.45 bits per heavy atom. The molecule has 0 amide bonds. The molecule has 0 N–H and O–H groups in total. The first-order chi connectivity index (χ1) is 5.27. The van der Waals surface area contributed by atoms with E-state index in [2.05, 4.69) is 14.8 Å². The minimum atomic E-state index is 0.329. The number of carbonyl (C=O) groups is 1. The van der Waals surface area contributed by atoms with E-state index in [-0.39, 0.29) is 0 Å². The van der Waals surface area contributed by atoms with E-state index in [0.29, 0.717) is 24.4 Å². The van der Waals surface area contributed by atoms with Gasteiger partial charge in [0.05, 0.1) is 6.10 Å². The Morgan fingerprint density at radius 3 is 3.00 bits per heavy atom. The van der Waals surface area contributed by atoms with E-state index >= 15 is 0 Å². The molecular formula is C8H15BO2. The van der Waals surface area contributed by atoms with Crippen LogP contribution in [0.15, 0.2) is 0 Å². The maximum absolute atomic E-state index is 10.3. The van der Waals surface area contributed by atoms with Crippen molar-refractivity contribution in [3.8, 4) is 0 Å². The molecule has 3 atom stereocenters. The molecule has 1 saturated heterocycles. The summed E-state index contributed by atoms with van der Waals surface area (Å²) in [5.74, 6) is 0.479. The molecule has 0 saturated carbocycles. The molecule has 0 radical (unpaired) electrons. The van der Waals surface area contributed by atoms with Crippen LogP contribution in [0.3, 0.4) is 0 Å². The number of carbonyl (C=O) groups excluding carboxylic acids is 1. The van der Waals surface area contributed by atoms with E-state index in [1.54, 1.807) is 0 Å². The van der Waals surface area contributed by atoms with Crippen molar-refractivity contribution in [2.45, 2.75) is 38.3 Å². The largest absolute Gasteiger partial charge is 0.384 e. The summed E-state index contributed by atoms with van der Waals surface area (Å²) in [6.45, 7) is 2.11. The molecule has 3 heteroatoms. The van der Waals surface area contributed by atoms with Crippen LogP contribution in [0.25, 0.3) is 0 Å². The minimum absolute atomic E-state index is 0.329. The lowest BCUT2D eigenvalue weighted by Crippen LogP contribution is -2.15. The molecule has 1 heterocycles. The first-order valence-electron chi connectivity index (χ1n) is 4.37. The van der Waals surface area contributed by atoms with Crippen LogP contribution < -0.4 is 0 Å². The van der Waals surface area contributed by atoms with Crippen molar-refractivity contribution >= 4 is 14.1 Å². The predicted molar refractivity (Wildman–Crippen MR) is 46.3 cm³/mol. The highest BCUT2D eigenvalue weighted by atomic mass is 16.5. The zero-order valence-corrected chi connectivity index (χ0v) is 7.25. The molecule has 0 aromatic heterocycles. The molecule has 1 fully saturated rings. The van der Waals surface area contributed by atoms with Crippen molar-refractivity contribution < 1.29 is 9.53 Å². The fourth-order valence-electron chi connectivity index (χ4n) is 1.84. The van der Waals surface area contributed by atoms with E-state index in [1.165, 1.54) is 0 Å². The van der Waals surface area contributed by atoms with Crippen molar-refractivity contribution in [1.29, 1.82) is 0 Å². The van der Waals surface area contributed by atoms with Gasteiger partial charge in [-0.25, -0.2) is 0 Å². The van der Waals surface area contributed by atoms with Gasteiger partial charge in [0.25, 0.3) is 0 Å². The van der Waals surface area contributed by atoms with E-state index in [4.69, 9.17) is 4.74 Å². The number of aldehydes is 1. The van der Waals surface area contributed by atoms with Gasteiger partial charge >= 0.3 is 0 Å². The Labute approximate surface area is 68.7 Å². The Hall–Kier alpha value is -0.305. The van der Waals surface area contributed by atoms with Crippen molar-refractivity contribution in [3.63, 3.8) is 0 Å². The first-order valence-corrected chi connectivity index (χ1v) is 4.37. The van der Waals surface area contributed by atoms with Crippen molar-refractivity contribution in [1.82, 2.24) is 0 Å². The minimum Gasteiger partial charge on any atom is -0.384 e. The summed E-state index contributed by atoms with van der Waals surface area (Å²) in [5.41, 5.74) is 0. The number of rotatable bonds is 3. The van der Waals surface area contributed by atoms with Gasteiger partial charge < -0.3 is 9.53 Å². The Morgan fingerprint density at radius 1 is 1.73 bits per heavy atom. The van der Waals surface area contributed by atoms with Crippen molar-refractivity contribution in [2.24, 2.45) is 5.92 Å². The van der Waals surface area contributed by atoms with Gasteiger partial charge in [0.15, 0.2) is 0 Å². The molecule has 0 spiro atoms. The van der Waals surface area contributed by atoms with Crippen LogP contribution in [-0.4, -0.2) is 26.2 Å². The second-order valence-corrected chi connectivity index (χ2v) is 3.29. The lowest BCUT2D eigenvalue weighted by Gasteiger charge is -2.13. The van der Waals surface area contributed by atoms with Gasteiger partial charge in [-0.3, -0.25) is 0 Å². The molecular weight excluding hydrogens is 139 g/mol.